The van der Waals surface area contributed by atoms with Crippen molar-refractivity contribution in [2.24, 2.45) is 0 Å². The second-order valence-electron chi connectivity index (χ2n) is 9.41. The summed E-state index contributed by atoms with van der Waals surface area (Å²) in [6, 6.07) is 30.1. The third-order valence-corrected chi connectivity index (χ3v) is 5.24. The SMILES string of the molecule is CC(=O)C=C(C)O.CC(C)(C)c1cnc(-c2[c-]ccc(N(c3ccccc3)c3ccccc3)c2)nc1.[Ir]. The van der Waals surface area contributed by atoms with Crippen LogP contribution in [0.3, 0.4) is 0 Å². The van der Waals surface area contributed by atoms with Gasteiger partial charge in [-0.3, -0.25) is 14.8 Å². The molecule has 0 aliphatic rings. The fraction of sp³-hybridized carbons (Fsp3) is 0.194. The topological polar surface area (TPSA) is 66.3 Å². The van der Waals surface area contributed by atoms with Crippen LogP contribution in [0.25, 0.3) is 11.4 Å². The van der Waals surface area contributed by atoms with Gasteiger partial charge in [0.25, 0.3) is 0 Å². The van der Waals surface area contributed by atoms with E-state index in [0.29, 0.717) is 5.82 Å². The maximum Gasteiger partial charge on any atom is 0.155 e. The summed E-state index contributed by atoms with van der Waals surface area (Å²) in [7, 11) is 0. The van der Waals surface area contributed by atoms with Crippen LogP contribution < -0.4 is 4.90 Å². The zero-order chi connectivity index (χ0) is 26.1. The molecule has 0 aliphatic carbocycles. The molecule has 3 aromatic carbocycles. The van der Waals surface area contributed by atoms with E-state index in [1.807, 2.05) is 30.6 Å². The molecule has 4 aromatic rings. The molecule has 0 spiro atoms. The second-order valence-corrected chi connectivity index (χ2v) is 9.41. The summed E-state index contributed by atoms with van der Waals surface area (Å²) in [4.78, 5) is 21.4. The molecule has 1 heterocycles. The molecule has 5 nitrogen and oxygen atoms in total. The Morgan fingerprint density at radius 1 is 0.865 bits per heavy atom. The number of aliphatic hydroxyl groups excluding tert-OH is 1. The first kappa shape index (κ1) is 29.6. The summed E-state index contributed by atoms with van der Waals surface area (Å²) in [5, 5.41) is 8.36. The predicted molar refractivity (Wildman–Crippen MR) is 147 cm³/mol. The van der Waals surface area contributed by atoms with Gasteiger partial charge in [0.15, 0.2) is 5.78 Å². The van der Waals surface area contributed by atoms with E-state index >= 15 is 0 Å². The summed E-state index contributed by atoms with van der Waals surface area (Å²) in [6.07, 6.45) is 4.99. The van der Waals surface area contributed by atoms with E-state index in [9.17, 15) is 4.79 Å². The van der Waals surface area contributed by atoms with Crippen molar-refractivity contribution in [1.82, 2.24) is 9.97 Å². The number of allylic oxidation sites excluding steroid dienone is 2. The minimum absolute atomic E-state index is 0. The van der Waals surface area contributed by atoms with E-state index in [1.54, 1.807) is 0 Å². The largest absolute Gasteiger partial charge is 0.512 e. The fourth-order valence-corrected chi connectivity index (χ4v) is 3.47. The van der Waals surface area contributed by atoms with E-state index in [2.05, 4.69) is 102 Å². The summed E-state index contributed by atoms with van der Waals surface area (Å²) in [5.74, 6) is 0.619. The van der Waals surface area contributed by atoms with Gasteiger partial charge in [-0.1, -0.05) is 57.2 Å². The van der Waals surface area contributed by atoms with Crippen molar-refractivity contribution >= 4 is 22.8 Å². The number of ketones is 1. The minimum atomic E-state index is -0.125. The number of aromatic nitrogens is 2. The Morgan fingerprint density at radius 3 is 1.78 bits per heavy atom. The van der Waals surface area contributed by atoms with Crippen LogP contribution in [0.4, 0.5) is 17.1 Å². The molecule has 0 saturated carbocycles. The van der Waals surface area contributed by atoms with Gasteiger partial charge in [-0.25, -0.2) is 0 Å². The molecule has 1 aromatic heterocycles. The van der Waals surface area contributed by atoms with E-state index in [0.717, 1.165) is 28.2 Å². The average Bonchev–Trinajstić information content (AvgIpc) is 2.85. The molecule has 4 rings (SSSR count). The molecule has 0 unspecified atom stereocenters. The molecule has 6 heteroatoms. The summed E-state index contributed by atoms with van der Waals surface area (Å²) in [6.45, 7) is 9.34. The van der Waals surface area contributed by atoms with E-state index in [1.165, 1.54) is 19.9 Å². The van der Waals surface area contributed by atoms with Crippen LogP contribution in [-0.4, -0.2) is 20.9 Å². The number of carbonyl (C=O) groups excluding carboxylic acids is 1. The number of nitrogens with zero attached hydrogens (tertiary/aromatic N) is 3. The standard InChI is InChI=1S/C26H24N3.C5H8O2.Ir/c1-26(2,3)21-18-27-25(28-19-21)20-11-10-16-24(17-20)29(22-12-6-4-7-13-22)23-14-8-5-9-15-23;1-4(6)3-5(2)7;/h4-10,12-19H,1-3H3;3,6H,1-2H3;/q-1;;. The predicted octanol–water partition coefficient (Wildman–Crippen LogP) is 7.75. The maximum absolute atomic E-state index is 10.0. The Bertz CT molecular complexity index is 1260. The van der Waals surface area contributed by atoms with Crippen molar-refractivity contribution in [3.05, 3.63) is 115 Å². The third kappa shape index (κ3) is 8.78. The van der Waals surface area contributed by atoms with Crippen LogP contribution in [0.1, 0.15) is 40.2 Å². The molecule has 1 N–H and O–H groups in total. The van der Waals surface area contributed by atoms with Crippen LogP contribution in [0.5, 0.6) is 0 Å². The molecule has 0 fully saturated rings. The van der Waals surface area contributed by atoms with Gasteiger partial charge in [0.1, 0.15) is 0 Å². The van der Waals surface area contributed by atoms with Gasteiger partial charge in [-0.2, -0.15) is 0 Å². The zero-order valence-electron chi connectivity index (χ0n) is 21.8. The number of para-hydroxylation sites is 2. The Morgan fingerprint density at radius 2 is 1.38 bits per heavy atom. The van der Waals surface area contributed by atoms with Crippen molar-refractivity contribution in [1.29, 1.82) is 0 Å². The molecule has 0 amide bonds. The van der Waals surface area contributed by atoms with Crippen LogP contribution in [0, 0.1) is 6.07 Å². The van der Waals surface area contributed by atoms with E-state index < -0.39 is 0 Å². The third-order valence-electron chi connectivity index (χ3n) is 5.24. The van der Waals surface area contributed by atoms with Crippen molar-refractivity contribution in [3.63, 3.8) is 0 Å². The Balaban J connectivity index is 0.000000532. The molecule has 1 radical (unpaired) electrons. The quantitative estimate of drug-likeness (QED) is 0.134. The number of rotatable bonds is 5. The Hall–Kier alpha value is -3.60. The first-order chi connectivity index (χ1) is 17.1. The number of carbonyl (C=O) groups is 1. The van der Waals surface area contributed by atoms with Crippen LogP contribution in [0.2, 0.25) is 0 Å². The first-order valence-electron chi connectivity index (χ1n) is 11.8. The summed E-state index contributed by atoms with van der Waals surface area (Å²) < 4.78 is 0. The zero-order valence-corrected chi connectivity index (χ0v) is 24.2. The average molecular weight is 671 g/mol. The van der Waals surface area contributed by atoms with Crippen molar-refractivity contribution in [2.45, 2.75) is 40.0 Å². The molecular weight excluding hydrogens is 639 g/mol. The van der Waals surface area contributed by atoms with Gasteiger partial charge < -0.3 is 10.0 Å². The summed E-state index contributed by atoms with van der Waals surface area (Å²) >= 11 is 0. The van der Waals surface area contributed by atoms with E-state index in [4.69, 9.17) is 5.11 Å². The van der Waals surface area contributed by atoms with Crippen LogP contribution >= 0.6 is 0 Å². The van der Waals surface area contributed by atoms with Gasteiger partial charge in [-0.05, 0) is 54.8 Å². The van der Waals surface area contributed by atoms with Gasteiger partial charge in [0.05, 0.1) is 11.6 Å². The molecule has 37 heavy (non-hydrogen) atoms. The maximum atomic E-state index is 10.0. The second kappa shape index (κ2) is 13.6. The smallest absolute Gasteiger partial charge is 0.155 e. The number of hydrogen-bond donors (Lipinski definition) is 1. The molecule has 0 aliphatic heterocycles. The minimum Gasteiger partial charge on any atom is -0.512 e. The first-order valence-corrected chi connectivity index (χ1v) is 11.8. The number of aliphatic hydroxyl groups is 1. The van der Waals surface area contributed by atoms with Crippen molar-refractivity contribution < 1.29 is 30.0 Å². The van der Waals surface area contributed by atoms with Crippen molar-refractivity contribution in [2.75, 3.05) is 4.90 Å². The van der Waals surface area contributed by atoms with Crippen LogP contribution in [-0.2, 0) is 30.3 Å². The Kier molecular flexibility index (Phi) is 10.9. The molecule has 0 bridgehead atoms. The molecule has 0 atom stereocenters. The van der Waals surface area contributed by atoms with E-state index in [-0.39, 0.29) is 37.1 Å². The summed E-state index contributed by atoms with van der Waals surface area (Å²) in [5.41, 5.74) is 5.26. The molecular formula is C31H32IrN3O2-. The number of hydrogen-bond acceptors (Lipinski definition) is 5. The van der Waals surface area contributed by atoms with Gasteiger partial charge in [-0.15, -0.1) is 29.8 Å². The number of anilines is 3. The normalized spacial score (nSPS) is 11.0. The fourth-order valence-electron chi connectivity index (χ4n) is 3.47. The molecule has 0 saturated heterocycles. The number of benzene rings is 3. The van der Waals surface area contributed by atoms with Gasteiger partial charge >= 0.3 is 0 Å². The van der Waals surface area contributed by atoms with Gasteiger partial charge in [0, 0.05) is 49.9 Å². The van der Waals surface area contributed by atoms with Crippen LogP contribution in [0.15, 0.2) is 103 Å². The molecule has 193 valence electrons. The monoisotopic (exact) mass is 671 g/mol. The van der Waals surface area contributed by atoms with Gasteiger partial charge in [0.2, 0.25) is 0 Å². The Labute approximate surface area is 233 Å². The van der Waals surface area contributed by atoms with Crippen molar-refractivity contribution in [3.8, 4) is 11.4 Å².